The van der Waals surface area contributed by atoms with Crippen LogP contribution in [0.2, 0.25) is 0 Å². The normalized spacial score (nSPS) is 10.5. The molecule has 1 heterocycles. The van der Waals surface area contributed by atoms with Crippen molar-refractivity contribution < 1.29 is 9.90 Å². The van der Waals surface area contributed by atoms with Gasteiger partial charge in [0.25, 0.3) is 0 Å². The average Bonchev–Trinajstić information content (AvgIpc) is 2.15. The summed E-state index contributed by atoms with van der Waals surface area (Å²) >= 11 is 3.99. The van der Waals surface area contributed by atoms with Gasteiger partial charge in [-0.3, -0.25) is 4.98 Å². The minimum Gasteiger partial charge on any atom is -0.478 e. The Balaban J connectivity index is 2.92. The number of hydrogen-bond acceptors (Lipinski definition) is 3. The smallest absolute Gasteiger partial charge is 0.335 e. The summed E-state index contributed by atoms with van der Waals surface area (Å²) in [5, 5.41) is 8.67. The molecule has 68 valence electrons. The number of aromatic carboxylic acids is 1. The van der Waals surface area contributed by atoms with Crippen LogP contribution in [0.5, 0.6) is 0 Å². The van der Waals surface area contributed by atoms with Crippen molar-refractivity contribution >= 4 is 24.7 Å². The lowest BCUT2D eigenvalue weighted by Crippen LogP contribution is -1.96. The summed E-state index contributed by atoms with van der Waals surface area (Å²) < 4.78 is 0. The Bertz CT molecular complexity index is 336. The minimum atomic E-state index is -0.942. The topological polar surface area (TPSA) is 50.2 Å². The van der Waals surface area contributed by atoms with Crippen LogP contribution in [0.4, 0.5) is 0 Å². The molecular formula is C9H9NO2S. The molecule has 1 rings (SSSR count). The van der Waals surface area contributed by atoms with Gasteiger partial charge in [-0.05, 0) is 18.2 Å². The van der Waals surface area contributed by atoms with Crippen molar-refractivity contribution in [1.82, 2.24) is 4.98 Å². The molecule has 0 aliphatic carbocycles. The summed E-state index contributed by atoms with van der Waals surface area (Å²) in [7, 11) is 0. The first-order valence-corrected chi connectivity index (χ1v) is 4.34. The number of rotatable bonds is 3. The highest BCUT2D eigenvalue weighted by molar-refractivity contribution is 7.80. The SMILES string of the molecule is O=C(O)c1ccnc(C=CCS)c1. The second-order valence-corrected chi connectivity index (χ2v) is 2.72. The van der Waals surface area contributed by atoms with E-state index in [4.69, 9.17) is 5.11 Å². The highest BCUT2D eigenvalue weighted by Gasteiger charge is 2.01. The number of carboxylic acids is 1. The van der Waals surface area contributed by atoms with Crippen LogP contribution >= 0.6 is 12.6 Å². The quantitative estimate of drug-likeness (QED) is 0.722. The molecular weight excluding hydrogens is 186 g/mol. The first-order valence-electron chi connectivity index (χ1n) is 3.71. The van der Waals surface area contributed by atoms with Crippen molar-refractivity contribution in [3.8, 4) is 0 Å². The molecule has 0 fully saturated rings. The van der Waals surface area contributed by atoms with Crippen LogP contribution in [-0.4, -0.2) is 21.8 Å². The monoisotopic (exact) mass is 195 g/mol. The van der Waals surface area contributed by atoms with Gasteiger partial charge in [0.15, 0.2) is 0 Å². The summed E-state index contributed by atoms with van der Waals surface area (Å²) in [4.78, 5) is 14.5. The maximum Gasteiger partial charge on any atom is 0.335 e. The van der Waals surface area contributed by atoms with Crippen LogP contribution in [0.25, 0.3) is 6.08 Å². The lowest BCUT2D eigenvalue weighted by Gasteiger charge is -1.95. The van der Waals surface area contributed by atoms with Gasteiger partial charge in [-0.1, -0.05) is 6.08 Å². The van der Waals surface area contributed by atoms with Gasteiger partial charge >= 0.3 is 5.97 Å². The second-order valence-electron chi connectivity index (χ2n) is 2.36. The number of carboxylic acid groups (broad SMARTS) is 1. The van der Waals surface area contributed by atoms with E-state index in [9.17, 15) is 4.79 Å². The molecule has 1 aromatic rings. The van der Waals surface area contributed by atoms with Crippen molar-refractivity contribution in [2.75, 3.05) is 5.75 Å². The molecule has 0 saturated heterocycles. The van der Waals surface area contributed by atoms with E-state index >= 15 is 0 Å². The van der Waals surface area contributed by atoms with Crippen molar-refractivity contribution in [3.63, 3.8) is 0 Å². The Morgan fingerprint density at radius 3 is 3.08 bits per heavy atom. The predicted octanol–water partition coefficient (Wildman–Crippen LogP) is 1.72. The molecule has 0 radical (unpaired) electrons. The van der Waals surface area contributed by atoms with Crippen LogP contribution in [-0.2, 0) is 0 Å². The Hall–Kier alpha value is -1.29. The van der Waals surface area contributed by atoms with E-state index in [2.05, 4.69) is 17.6 Å². The molecule has 1 N–H and O–H groups in total. The maximum absolute atomic E-state index is 10.6. The maximum atomic E-state index is 10.6. The number of thiol groups is 1. The van der Waals surface area contributed by atoms with Crippen LogP contribution < -0.4 is 0 Å². The fourth-order valence-electron chi connectivity index (χ4n) is 0.846. The molecule has 0 aromatic carbocycles. The molecule has 13 heavy (non-hydrogen) atoms. The molecule has 0 unspecified atom stereocenters. The van der Waals surface area contributed by atoms with E-state index in [0.29, 0.717) is 11.4 Å². The summed E-state index contributed by atoms with van der Waals surface area (Å²) in [6, 6.07) is 2.97. The summed E-state index contributed by atoms with van der Waals surface area (Å²) in [6.45, 7) is 0. The largest absolute Gasteiger partial charge is 0.478 e. The summed E-state index contributed by atoms with van der Waals surface area (Å²) in [5.74, 6) is -0.332. The van der Waals surface area contributed by atoms with Gasteiger partial charge in [0, 0.05) is 11.9 Å². The van der Waals surface area contributed by atoms with Crippen LogP contribution in [0, 0.1) is 0 Å². The fraction of sp³-hybridized carbons (Fsp3) is 0.111. The first-order chi connectivity index (χ1) is 6.24. The molecule has 3 nitrogen and oxygen atoms in total. The number of hydrogen-bond donors (Lipinski definition) is 2. The second kappa shape index (κ2) is 4.67. The van der Waals surface area contributed by atoms with Gasteiger partial charge in [0.05, 0.1) is 11.3 Å². The average molecular weight is 195 g/mol. The van der Waals surface area contributed by atoms with Crippen molar-refractivity contribution in [2.45, 2.75) is 0 Å². The Labute approximate surface area is 81.5 Å². The lowest BCUT2D eigenvalue weighted by atomic mass is 10.2. The van der Waals surface area contributed by atoms with Gasteiger partial charge in [0.2, 0.25) is 0 Å². The summed E-state index contributed by atoms with van der Waals surface area (Å²) in [6.07, 6.45) is 5.01. The van der Waals surface area contributed by atoms with Gasteiger partial charge in [-0.2, -0.15) is 12.6 Å². The molecule has 0 amide bonds. The van der Waals surface area contributed by atoms with Crippen molar-refractivity contribution in [2.24, 2.45) is 0 Å². The van der Waals surface area contributed by atoms with Crippen molar-refractivity contribution in [3.05, 3.63) is 35.7 Å². The third-order valence-corrected chi connectivity index (χ3v) is 1.63. The highest BCUT2D eigenvalue weighted by Crippen LogP contribution is 2.03. The number of pyridine rings is 1. The van der Waals surface area contributed by atoms with E-state index in [1.165, 1.54) is 18.3 Å². The predicted molar refractivity (Wildman–Crippen MR) is 54.1 cm³/mol. The third-order valence-electron chi connectivity index (χ3n) is 1.42. The third kappa shape index (κ3) is 2.91. The zero-order valence-electron chi connectivity index (χ0n) is 6.84. The molecule has 4 heteroatoms. The molecule has 0 aliphatic rings. The number of carbonyl (C=O) groups is 1. The Kier molecular flexibility index (Phi) is 3.52. The zero-order valence-corrected chi connectivity index (χ0v) is 7.74. The van der Waals surface area contributed by atoms with Crippen LogP contribution in [0.3, 0.4) is 0 Å². The highest BCUT2D eigenvalue weighted by atomic mass is 32.1. The van der Waals surface area contributed by atoms with Gasteiger partial charge in [-0.25, -0.2) is 4.79 Å². The van der Waals surface area contributed by atoms with E-state index < -0.39 is 5.97 Å². The standard InChI is InChI=1S/C9H9NO2S/c11-9(12)7-3-4-10-8(6-7)2-1-5-13/h1-4,6,13H,5H2,(H,11,12). The van der Waals surface area contributed by atoms with E-state index in [0.717, 1.165) is 0 Å². The molecule has 1 aromatic heterocycles. The number of nitrogens with zero attached hydrogens (tertiary/aromatic N) is 1. The van der Waals surface area contributed by atoms with E-state index in [1.807, 2.05) is 0 Å². The van der Waals surface area contributed by atoms with E-state index in [-0.39, 0.29) is 5.56 Å². The molecule has 0 aliphatic heterocycles. The van der Waals surface area contributed by atoms with Crippen LogP contribution in [0.15, 0.2) is 24.4 Å². The minimum absolute atomic E-state index is 0.244. The zero-order chi connectivity index (χ0) is 9.68. The first kappa shape index (κ1) is 9.80. The fourth-order valence-corrected chi connectivity index (χ4v) is 0.951. The number of aromatic nitrogens is 1. The van der Waals surface area contributed by atoms with E-state index in [1.54, 1.807) is 12.2 Å². The molecule has 0 saturated carbocycles. The lowest BCUT2D eigenvalue weighted by molar-refractivity contribution is 0.0696. The molecule has 0 spiro atoms. The van der Waals surface area contributed by atoms with Crippen molar-refractivity contribution in [1.29, 1.82) is 0 Å². The van der Waals surface area contributed by atoms with Gasteiger partial charge < -0.3 is 5.11 Å². The molecule has 0 bridgehead atoms. The summed E-state index contributed by atoms with van der Waals surface area (Å²) in [5.41, 5.74) is 0.878. The van der Waals surface area contributed by atoms with Gasteiger partial charge in [0.1, 0.15) is 0 Å². The Morgan fingerprint density at radius 1 is 1.69 bits per heavy atom. The molecule has 0 atom stereocenters. The Morgan fingerprint density at radius 2 is 2.46 bits per heavy atom. The van der Waals surface area contributed by atoms with Gasteiger partial charge in [-0.15, -0.1) is 0 Å². The van der Waals surface area contributed by atoms with Crippen LogP contribution in [0.1, 0.15) is 16.1 Å².